The third-order valence-corrected chi connectivity index (χ3v) is 2.34. The number of halogens is 3. The Bertz CT molecular complexity index is 564. The number of benzene rings is 1. The molecule has 100 valence electrons. The number of aromatic nitrogens is 2. The van der Waals surface area contributed by atoms with Gasteiger partial charge >= 0.3 is 6.18 Å². The Morgan fingerprint density at radius 3 is 2.53 bits per heavy atom. The van der Waals surface area contributed by atoms with Crippen LogP contribution in [0.3, 0.4) is 0 Å². The number of alkyl halides is 3. The van der Waals surface area contributed by atoms with Gasteiger partial charge in [0.15, 0.2) is 5.82 Å². The van der Waals surface area contributed by atoms with E-state index < -0.39 is 18.4 Å². The van der Waals surface area contributed by atoms with E-state index in [-0.39, 0.29) is 11.7 Å². The maximum atomic E-state index is 12.0. The van der Waals surface area contributed by atoms with Gasteiger partial charge in [-0.3, -0.25) is 4.79 Å². The Morgan fingerprint density at radius 1 is 1.21 bits per heavy atom. The third-order valence-electron chi connectivity index (χ3n) is 2.34. The largest absolute Gasteiger partial charge is 0.450 e. The maximum absolute atomic E-state index is 12.0. The maximum Gasteiger partial charge on any atom is 0.450 e. The predicted octanol–water partition coefficient (Wildman–Crippen LogP) is 2.33. The second-order valence-electron chi connectivity index (χ2n) is 3.86. The summed E-state index contributed by atoms with van der Waals surface area (Å²) < 4.78 is 40.8. The average Bonchev–Trinajstić information content (AvgIpc) is 2.76. The van der Waals surface area contributed by atoms with E-state index in [1.54, 1.807) is 0 Å². The first-order valence-electron chi connectivity index (χ1n) is 5.40. The quantitative estimate of drug-likeness (QED) is 0.855. The second-order valence-corrected chi connectivity index (χ2v) is 3.86. The van der Waals surface area contributed by atoms with Crippen LogP contribution in [0.4, 0.5) is 13.2 Å². The number of hydrogen-bond donors (Lipinski definition) is 0. The van der Waals surface area contributed by atoms with Crippen LogP contribution in [0.25, 0.3) is 0 Å². The number of hydrogen-bond acceptors (Lipinski definition) is 4. The molecule has 4 nitrogen and oxygen atoms in total. The zero-order valence-electron chi connectivity index (χ0n) is 9.65. The fourth-order valence-corrected chi connectivity index (χ4v) is 1.45. The molecule has 0 aliphatic heterocycles. The molecule has 0 saturated carbocycles. The summed E-state index contributed by atoms with van der Waals surface area (Å²) in [5, 5.41) is 3.54. The van der Waals surface area contributed by atoms with E-state index >= 15 is 0 Å². The molecule has 2 rings (SSSR count). The van der Waals surface area contributed by atoms with Crippen LogP contribution in [0.2, 0.25) is 0 Å². The third kappa shape index (κ3) is 3.64. The normalized spacial score (nSPS) is 11.5. The van der Waals surface area contributed by atoms with E-state index in [0.717, 1.165) is 5.56 Å². The van der Waals surface area contributed by atoms with E-state index in [9.17, 15) is 18.0 Å². The molecule has 0 radical (unpaired) electrons. The molecule has 0 aliphatic carbocycles. The molecule has 7 heteroatoms. The molecular weight excluding hydrogens is 261 g/mol. The van der Waals surface area contributed by atoms with Crippen molar-refractivity contribution in [3.05, 3.63) is 47.6 Å². The van der Waals surface area contributed by atoms with Crippen molar-refractivity contribution < 1.29 is 22.5 Å². The van der Waals surface area contributed by atoms with Crippen molar-refractivity contribution in [2.24, 2.45) is 0 Å². The zero-order chi connectivity index (χ0) is 13.9. The van der Waals surface area contributed by atoms with Gasteiger partial charge in [-0.2, -0.15) is 18.2 Å². The van der Waals surface area contributed by atoms with Crippen LogP contribution in [-0.2, 0) is 17.6 Å². The lowest BCUT2D eigenvalue weighted by Gasteiger charge is -2.00. The van der Waals surface area contributed by atoms with Crippen molar-refractivity contribution in [3.8, 4) is 0 Å². The number of rotatable bonds is 4. The van der Waals surface area contributed by atoms with Gasteiger partial charge in [0.1, 0.15) is 0 Å². The molecule has 0 bridgehead atoms. The summed E-state index contributed by atoms with van der Waals surface area (Å²) in [7, 11) is 0. The molecule has 2 aromatic rings. The average molecular weight is 270 g/mol. The molecule has 1 aromatic carbocycles. The van der Waals surface area contributed by atoms with Crippen LogP contribution in [-0.4, -0.2) is 22.1 Å². The SMILES string of the molecule is O=C(Cc1nc(Cc2ccccc2)no1)C(F)(F)F. The highest BCUT2D eigenvalue weighted by Crippen LogP contribution is 2.18. The van der Waals surface area contributed by atoms with Crippen molar-refractivity contribution in [1.82, 2.24) is 10.1 Å². The van der Waals surface area contributed by atoms with Crippen molar-refractivity contribution in [2.45, 2.75) is 19.0 Å². The van der Waals surface area contributed by atoms with Gasteiger partial charge in [0, 0.05) is 6.42 Å². The summed E-state index contributed by atoms with van der Waals surface area (Å²) in [6, 6.07) is 9.15. The van der Waals surface area contributed by atoms with Crippen molar-refractivity contribution in [2.75, 3.05) is 0 Å². The van der Waals surface area contributed by atoms with Gasteiger partial charge < -0.3 is 4.52 Å². The lowest BCUT2D eigenvalue weighted by molar-refractivity contribution is -0.170. The van der Waals surface area contributed by atoms with E-state index in [2.05, 4.69) is 14.7 Å². The molecule has 0 unspecified atom stereocenters. The van der Waals surface area contributed by atoms with Gasteiger partial charge in [-0.05, 0) is 5.56 Å². The summed E-state index contributed by atoms with van der Waals surface area (Å²) in [4.78, 5) is 14.5. The standard InChI is InChI=1S/C12H9F3N2O2/c13-12(14,15)9(18)7-11-16-10(17-19-11)6-8-4-2-1-3-5-8/h1-5H,6-7H2. The van der Waals surface area contributed by atoms with Gasteiger partial charge in [-0.15, -0.1) is 0 Å². The Hall–Kier alpha value is -2.18. The first-order chi connectivity index (χ1) is 8.95. The molecule has 0 atom stereocenters. The van der Waals surface area contributed by atoms with Crippen molar-refractivity contribution in [3.63, 3.8) is 0 Å². The molecule has 1 aromatic heterocycles. The summed E-state index contributed by atoms with van der Waals surface area (Å²) in [6.07, 6.45) is -5.47. The zero-order valence-corrected chi connectivity index (χ0v) is 9.65. The Balaban J connectivity index is 2.02. The minimum Gasteiger partial charge on any atom is -0.339 e. The van der Waals surface area contributed by atoms with Gasteiger partial charge in [-0.1, -0.05) is 35.5 Å². The summed E-state index contributed by atoms with van der Waals surface area (Å²) in [6.45, 7) is 0. The molecule has 0 aliphatic rings. The van der Waals surface area contributed by atoms with E-state index in [1.165, 1.54) is 0 Å². The molecule has 0 saturated heterocycles. The second kappa shape index (κ2) is 5.21. The number of nitrogens with zero attached hydrogens (tertiary/aromatic N) is 2. The number of ketones is 1. The number of Topliss-reactive ketones (excluding diaryl/α,β-unsaturated/α-hetero) is 1. The van der Waals surface area contributed by atoms with Crippen LogP contribution < -0.4 is 0 Å². The Morgan fingerprint density at radius 2 is 1.89 bits per heavy atom. The van der Waals surface area contributed by atoms with E-state index in [0.29, 0.717) is 6.42 Å². The molecule has 0 N–H and O–H groups in total. The van der Waals surface area contributed by atoms with Gasteiger partial charge in [-0.25, -0.2) is 0 Å². The first-order valence-corrected chi connectivity index (χ1v) is 5.40. The lowest BCUT2D eigenvalue weighted by atomic mass is 10.1. The van der Waals surface area contributed by atoms with E-state index in [1.807, 2.05) is 30.3 Å². The number of carbonyl (C=O) groups is 1. The Kier molecular flexibility index (Phi) is 3.64. The molecule has 0 amide bonds. The molecule has 0 fully saturated rings. The molecule has 1 heterocycles. The smallest absolute Gasteiger partial charge is 0.339 e. The fourth-order valence-electron chi connectivity index (χ4n) is 1.45. The van der Waals surface area contributed by atoms with Crippen molar-refractivity contribution >= 4 is 5.78 Å². The minimum atomic E-state index is -4.88. The molecule has 19 heavy (non-hydrogen) atoms. The highest BCUT2D eigenvalue weighted by molar-refractivity contribution is 5.85. The van der Waals surface area contributed by atoms with Gasteiger partial charge in [0.25, 0.3) is 0 Å². The van der Waals surface area contributed by atoms with E-state index in [4.69, 9.17) is 0 Å². The monoisotopic (exact) mass is 270 g/mol. The highest BCUT2D eigenvalue weighted by atomic mass is 19.4. The summed E-state index contributed by atoms with van der Waals surface area (Å²) >= 11 is 0. The lowest BCUT2D eigenvalue weighted by Crippen LogP contribution is -2.24. The Labute approximate surface area is 106 Å². The van der Waals surface area contributed by atoms with Gasteiger partial charge in [0.05, 0.1) is 6.42 Å². The first kappa shape index (κ1) is 13.3. The molecular formula is C12H9F3N2O2. The number of carbonyl (C=O) groups excluding carboxylic acids is 1. The predicted molar refractivity (Wildman–Crippen MR) is 58.3 cm³/mol. The van der Waals surface area contributed by atoms with Crippen LogP contribution in [0.1, 0.15) is 17.3 Å². The summed E-state index contributed by atoms with van der Waals surface area (Å²) in [5.41, 5.74) is 0.900. The highest BCUT2D eigenvalue weighted by Gasteiger charge is 2.39. The van der Waals surface area contributed by atoms with Crippen molar-refractivity contribution in [1.29, 1.82) is 0 Å². The summed E-state index contributed by atoms with van der Waals surface area (Å²) in [5.74, 6) is -1.98. The molecule has 0 spiro atoms. The van der Waals surface area contributed by atoms with Crippen LogP contribution in [0.5, 0.6) is 0 Å². The van der Waals surface area contributed by atoms with Crippen LogP contribution >= 0.6 is 0 Å². The van der Waals surface area contributed by atoms with Crippen LogP contribution in [0.15, 0.2) is 34.9 Å². The minimum absolute atomic E-state index is 0.246. The fraction of sp³-hybridized carbons (Fsp3) is 0.250. The topological polar surface area (TPSA) is 56.0 Å². The van der Waals surface area contributed by atoms with Crippen LogP contribution in [0, 0.1) is 0 Å². The van der Waals surface area contributed by atoms with Gasteiger partial charge in [0.2, 0.25) is 11.7 Å².